The minimum atomic E-state index is -4.58. The maximum Gasteiger partial charge on any atom is 0.433 e. The molecular formula is C10H11F3N2O. The molecule has 16 heavy (non-hydrogen) atoms. The van der Waals surface area contributed by atoms with Gasteiger partial charge in [-0.15, -0.1) is 0 Å². The first-order chi connectivity index (χ1) is 7.23. The highest BCUT2D eigenvalue weighted by molar-refractivity contribution is 5.90. The summed E-state index contributed by atoms with van der Waals surface area (Å²) in [6, 6.07) is 2.44. The van der Waals surface area contributed by atoms with Crippen molar-refractivity contribution < 1.29 is 18.0 Å². The standard InChI is InChI=1S/C10H11F3N2O/c1-5(2)6-3-4-7(9(14)16)15-8(6)10(11,12)13/h3-5H,1-2H3,(H2,14,16). The molecular weight excluding hydrogens is 221 g/mol. The Morgan fingerprint density at radius 3 is 2.31 bits per heavy atom. The Kier molecular flexibility index (Phi) is 3.21. The Bertz CT molecular complexity index is 413. The molecule has 1 heterocycles. The second-order valence-electron chi connectivity index (χ2n) is 3.65. The van der Waals surface area contributed by atoms with Gasteiger partial charge < -0.3 is 5.73 Å². The van der Waals surface area contributed by atoms with Gasteiger partial charge in [0.15, 0.2) is 0 Å². The molecule has 0 bridgehead atoms. The molecule has 1 aromatic heterocycles. The van der Waals surface area contributed by atoms with Gasteiger partial charge in [0.1, 0.15) is 11.4 Å². The van der Waals surface area contributed by atoms with Gasteiger partial charge in [0, 0.05) is 0 Å². The molecule has 0 aromatic carbocycles. The van der Waals surface area contributed by atoms with Crippen LogP contribution in [-0.2, 0) is 6.18 Å². The number of primary amides is 1. The average Bonchev–Trinajstić information content (AvgIpc) is 2.15. The number of carbonyl (C=O) groups excluding carboxylic acids is 1. The van der Waals surface area contributed by atoms with E-state index < -0.39 is 17.8 Å². The Labute approximate surface area is 90.5 Å². The van der Waals surface area contributed by atoms with Gasteiger partial charge in [-0.1, -0.05) is 19.9 Å². The summed E-state index contributed by atoms with van der Waals surface area (Å²) >= 11 is 0. The fourth-order valence-electron chi connectivity index (χ4n) is 1.30. The number of carbonyl (C=O) groups is 1. The summed E-state index contributed by atoms with van der Waals surface area (Å²) in [6.07, 6.45) is -4.58. The zero-order valence-electron chi connectivity index (χ0n) is 8.80. The summed E-state index contributed by atoms with van der Waals surface area (Å²) < 4.78 is 37.9. The van der Waals surface area contributed by atoms with Crippen molar-refractivity contribution in [3.8, 4) is 0 Å². The van der Waals surface area contributed by atoms with Crippen LogP contribution in [0.2, 0.25) is 0 Å². The molecule has 2 N–H and O–H groups in total. The van der Waals surface area contributed by atoms with Gasteiger partial charge >= 0.3 is 6.18 Å². The lowest BCUT2D eigenvalue weighted by Gasteiger charge is -2.14. The molecule has 1 aromatic rings. The molecule has 6 heteroatoms. The number of amides is 1. The van der Waals surface area contributed by atoms with Crippen LogP contribution in [-0.4, -0.2) is 10.9 Å². The fraction of sp³-hybridized carbons (Fsp3) is 0.400. The van der Waals surface area contributed by atoms with Gasteiger partial charge in [0.05, 0.1) is 0 Å². The number of rotatable bonds is 2. The number of pyridine rings is 1. The van der Waals surface area contributed by atoms with E-state index >= 15 is 0 Å². The van der Waals surface area contributed by atoms with Crippen molar-refractivity contribution in [2.45, 2.75) is 25.9 Å². The highest BCUT2D eigenvalue weighted by Crippen LogP contribution is 2.33. The third-order valence-corrected chi connectivity index (χ3v) is 2.07. The van der Waals surface area contributed by atoms with E-state index in [1.807, 2.05) is 0 Å². The maximum atomic E-state index is 12.6. The van der Waals surface area contributed by atoms with Gasteiger partial charge in [0.2, 0.25) is 0 Å². The molecule has 0 radical (unpaired) electrons. The van der Waals surface area contributed by atoms with Gasteiger partial charge in [-0.25, -0.2) is 4.98 Å². The minimum absolute atomic E-state index is 0.0532. The van der Waals surface area contributed by atoms with Crippen LogP contribution in [0.1, 0.15) is 41.5 Å². The van der Waals surface area contributed by atoms with E-state index in [9.17, 15) is 18.0 Å². The summed E-state index contributed by atoms with van der Waals surface area (Å²) in [6.45, 7) is 3.24. The number of nitrogens with two attached hydrogens (primary N) is 1. The summed E-state index contributed by atoms with van der Waals surface area (Å²) in [7, 11) is 0. The first-order valence-corrected chi connectivity index (χ1v) is 4.61. The molecule has 88 valence electrons. The number of aromatic nitrogens is 1. The van der Waals surface area contributed by atoms with E-state index in [-0.39, 0.29) is 17.2 Å². The molecule has 0 aliphatic rings. The lowest BCUT2D eigenvalue weighted by molar-refractivity contribution is -0.142. The summed E-state index contributed by atoms with van der Waals surface area (Å²) in [5.41, 5.74) is 3.52. The van der Waals surface area contributed by atoms with Crippen molar-refractivity contribution in [3.63, 3.8) is 0 Å². The van der Waals surface area contributed by atoms with E-state index in [4.69, 9.17) is 5.73 Å². The topological polar surface area (TPSA) is 56.0 Å². The van der Waals surface area contributed by atoms with Gasteiger partial charge in [-0.05, 0) is 17.5 Å². The number of alkyl halides is 3. The zero-order chi connectivity index (χ0) is 12.5. The Morgan fingerprint density at radius 2 is 1.94 bits per heavy atom. The molecule has 1 amide bonds. The maximum absolute atomic E-state index is 12.6. The Morgan fingerprint density at radius 1 is 1.38 bits per heavy atom. The first kappa shape index (κ1) is 12.5. The molecule has 0 spiro atoms. The van der Waals surface area contributed by atoms with Crippen LogP contribution in [0.4, 0.5) is 13.2 Å². The van der Waals surface area contributed by atoms with E-state index in [0.717, 1.165) is 0 Å². The third kappa shape index (κ3) is 2.50. The summed E-state index contributed by atoms with van der Waals surface area (Å²) in [4.78, 5) is 14.0. The predicted molar refractivity (Wildman–Crippen MR) is 51.8 cm³/mol. The molecule has 0 saturated heterocycles. The van der Waals surface area contributed by atoms with E-state index in [1.165, 1.54) is 12.1 Å². The van der Waals surface area contributed by atoms with Gasteiger partial charge in [-0.3, -0.25) is 4.79 Å². The zero-order valence-corrected chi connectivity index (χ0v) is 8.80. The monoisotopic (exact) mass is 232 g/mol. The molecule has 0 atom stereocenters. The van der Waals surface area contributed by atoms with Crippen molar-refractivity contribution in [1.29, 1.82) is 0 Å². The molecule has 1 rings (SSSR count). The van der Waals surface area contributed by atoms with Crippen LogP contribution >= 0.6 is 0 Å². The predicted octanol–water partition coefficient (Wildman–Crippen LogP) is 2.32. The highest BCUT2D eigenvalue weighted by atomic mass is 19.4. The van der Waals surface area contributed by atoms with E-state index in [1.54, 1.807) is 13.8 Å². The van der Waals surface area contributed by atoms with Gasteiger partial charge in [-0.2, -0.15) is 13.2 Å². The molecule has 0 aliphatic carbocycles. The van der Waals surface area contributed by atoms with Gasteiger partial charge in [0.25, 0.3) is 5.91 Å². The number of halogens is 3. The van der Waals surface area contributed by atoms with Crippen LogP contribution in [0.25, 0.3) is 0 Å². The summed E-state index contributed by atoms with van der Waals surface area (Å²) in [5, 5.41) is 0. The van der Waals surface area contributed by atoms with Crippen LogP contribution in [0, 0.1) is 0 Å². The number of hydrogen-bond donors (Lipinski definition) is 1. The van der Waals surface area contributed by atoms with Crippen LogP contribution in [0.15, 0.2) is 12.1 Å². The molecule has 0 aliphatic heterocycles. The second-order valence-corrected chi connectivity index (χ2v) is 3.65. The Hall–Kier alpha value is -1.59. The second kappa shape index (κ2) is 4.11. The quantitative estimate of drug-likeness (QED) is 0.850. The number of nitrogens with zero attached hydrogens (tertiary/aromatic N) is 1. The fourth-order valence-corrected chi connectivity index (χ4v) is 1.30. The Balaban J connectivity index is 3.39. The molecule has 0 saturated carbocycles. The van der Waals surface area contributed by atoms with Crippen LogP contribution in [0.3, 0.4) is 0 Å². The van der Waals surface area contributed by atoms with Crippen LogP contribution in [0.5, 0.6) is 0 Å². The molecule has 0 unspecified atom stereocenters. The van der Waals surface area contributed by atoms with Crippen molar-refractivity contribution >= 4 is 5.91 Å². The van der Waals surface area contributed by atoms with E-state index in [2.05, 4.69) is 4.98 Å². The summed E-state index contributed by atoms with van der Waals surface area (Å²) in [5.74, 6) is -1.30. The highest BCUT2D eigenvalue weighted by Gasteiger charge is 2.36. The van der Waals surface area contributed by atoms with Crippen molar-refractivity contribution in [3.05, 3.63) is 29.1 Å². The van der Waals surface area contributed by atoms with Crippen molar-refractivity contribution in [2.24, 2.45) is 5.73 Å². The van der Waals surface area contributed by atoms with Crippen molar-refractivity contribution in [2.75, 3.05) is 0 Å². The normalized spacial score (nSPS) is 11.9. The smallest absolute Gasteiger partial charge is 0.364 e. The minimum Gasteiger partial charge on any atom is -0.364 e. The largest absolute Gasteiger partial charge is 0.433 e. The van der Waals surface area contributed by atoms with E-state index in [0.29, 0.717) is 0 Å². The number of hydrogen-bond acceptors (Lipinski definition) is 2. The first-order valence-electron chi connectivity index (χ1n) is 4.61. The lowest BCUT2D eigenvalue weighted by atomic mass is 10.0. The SMILES string of the molecule is CC(C)c1ccc(C(N)=O)nc1C(F)(F)F. The van der Waals surface area contributed by atoms with Crippen LogP contribution < -0.4 is 5.73 Å². The third-order valence-electron chi connectivity index (χ3n) is 2.07. The molecule has 3 nitrogen and oxygen atoms in total. The average molecular weight is 232 g/mol. The molecule has 0 fully saturated rings. The van der Waals surface area contributed by atoms with Crippen molar-refractivity contribution in [1.82, 2.24) is 4.98 Å². The lowest BCUT2D eigenvalue weighted by Crippen LogP contribution is -2.19.